The topological polar surface area (TPSA) is 64.6 Å². The number of benzene rings is 1. The first-order valence-electron chi connectivity index (χ1n) is 7.01. The summed E-state index contributed by atoms with van der Waals surface area (Å²) in [6.07, 6.45) is 0. The predicted molar refractivity (Wildman–Crippen MR) is 79.5 cm³/mol. The van der Waals surface area contributed by atoms with E-state index < -0.39 is 5.54 Å². The molecule has 1 aromatic carbocycles. The van der Waals surface area contributed by atoms with E-state index in [0.29, 0.717) is 5.69 Å². The van der Waals surface area contributed by atoms with Gasteiger partial charge >= 0.3 is 0 Å². The van der Waals surface area contributed by atoms with Crippen molar-refractivity contribution in [1.29, 1.82) is 0 Å². The molecule has 1 amide bonds. The molecule has 5 heteroatoms. The van der Waals surface area contributed by atoms with Crippen molar-refractivity contribution in [2.45, 2.75) is 26.0 Å². The number of hydrogen-bond donors (Lipinski definition) is 3. The van der Waals surface area contributed by atoms with Gasteiger partial charge in [-0.1, -0.05) is 18.2 Å². The summed E-state index contributed by atoms with van der Waals surface area (Å²) in [4.78, 5) is 14.7. The number of para-hydroxylation sites is 1. The number of amides is 1. The molecule has 3 N–H and O–H groups in total. The third-order valence-electron chi connectivity index (χ3n) is 3.90. The van der Waals surface area contributed by atoms with E-state index in [9.17, 15) is 9.90 Å². The predicted octanol–water partition coefficient (Wildman–Crippen LogP) is 0.801. The Morgan fingerprint density at radius 2 is 2.00 bits per heavy atom. The summed E-state index contributed by atoms with van der Waals surface area (Å²) < 4.78 is 0. The molecular formula is C15H23N3O2. The Morgan fingerprint density at radius 3 is 2.65 bits per heavy atom. The molecule has 1 aliphatic rings. The van der Waals surface area contributed by atoms with Crippen molar-refractivity contribution >= 4 is 11.6 Å². The van der Waals surface area contributed by atoms with Crippen molar-refractivity contribution in [3.63, 3.8) is 0 Å². The fourth-order valence-electron chi connectivity index (χ4n) is 2.42. The van der Waals surface area contributed by atoms with Crippen molar-refractivity contribution in [2.75, 3.05) is 31.5 Å². The molecule has 1 aromatic rings. The lowest BCUT2D eigenvalue weighted by molar-refractivity contribution is -0.126. The summed E-state index contributed by atoms with van der Waals surface area (Å²) >= 11 is 0. The molecule has 0 aromatic heterocycles. The van der Waals surface area contributed by atoms with Crippen LogP contribution in [0.4, 0.5) is 5.69 Å². The number of piperazine rings is 1. The van der Waals surface area contributed by atoms with Gasteiger partial charge in [0.15, 0.2) is 0 Å². The summed E-state index contributed by atoms with van der Waals surface area (Å²) in [6, 6.07) is 7.33. The quantitative estimate of drug-likeness (QED) is 0.762. The molecule has 1 saturated heterocycles. The number of hydrogen-bond acceptors (Lipinski definition) is 4. The Bertz CT molecular complexity index is 468. The smallest absolute Gasteiger partial charge is 0.244 e. The molecule has 1 heterocycles. The van der Waals surface area contributed by atoms with Gasteiger partial charge in [0.25, 0.3) is 0 Å². The molecule has 110 valence electrons. The molecule has 0 spiro atoms. The second-order valence-corrected chi connectivity index (χ2v) is 5.57. The van der Waals surface area contributed by atoms with Gasteiger partial charge in [-0.05, 0) is 19.9 Å². The number of nitrogens with zero attached hydrogens (tertiary/aromatic N) is 1. The van der Waals surface area contributed by atoms with E-state index in [0.717, 1.165) is 31.7 Å². The largest absolute Gasteiger partial charge is 0.392 e. The van der Waals surface area contributed by atoms with E-state index in [1.54, 1.807) is 0 Å². The summed E-state index contributed by atoms with van der Waals surface area (Å²) in [5, 5.41) is 15.5. The number of rotatable bonds is 4. The average Bonchev–Trinajstić information content (AvgIpc) is 2.48. The summed E-state index contributed by atoms with van der Waals surface area (Å²) in [5.41, 5.74) is 0.852. The summed E-state index contributed by atoms with van der Waals surface area (Å²) in [5.74, 6) is -0.0414. The van der Waals surface area contributed by atoms with Crippen LogP contribution >= 0.6 is 0 Å². The van der Waals surface area contributed by atoms with Gasteiger partial charge in [0.2, 0.25) is 5.91 Å². The highest BCUT2D eigenvalue weighted by molar-refractivity contribution is 5.98. The van der Waals surface area contributed by atoms with E-state index in [-0.39, 0.29) is 12.5 Å². The number of nitrogens with one attached hydrogen (secondary N) is 2. The first kappa shape index (κ1) is 15.0. The Hall–Kier alpha value is -1.43. The fraction of sp³-hybridized carbons (Fsp3) is 0.533. The number of carbonyl (C=O) groups is 1. The fourth-order valence-corrected chi connectivity index (χ4v) is 2.42. The molecule has 1 aliphatic heterocycles. The highest BCUT2D eigenvalue weighted by Crippen LogP contribution is 2.20. The molecule has 0 aliphatic carbocycles. The molecule has 0 bridgehead atoms. The van der Waals surface area contributed by atoms with Crippen LogP contribution in [0.5, 0.6) is 0 Å². The second kappa shape index (κ2) is 6.35. The highest BCUT2D eigenvalue weighted by atomic mass is 16.3. The Labute approximate surface area is 120 Å². The first-order valence-corrected chi connectivity index (χ1v) is 7.01. The molecular weight excluding hydrogens is 254 g/mol. The molecule has 0 unspecified atom stereocenters. The number of anilines is 1. The van der Waals surface area contributed by atoms with Crippen LogP contribution < -0.4 is 10.6 Å². The van der Waals surface area contributed by atoms with Crippen molar-refractivity contribution in [1.82, 2.24) is 10.2 Å². The molecule has 0 saturated carbocycles. The average molecular weight is 277 g/mol. The lowest BCUT2D eigenvalue weighted by atomic mass is 10.00. The summed E-state index contributed by atoms with van der Waals surface area (Å²) in [7, 11) is 0. The molecule has 1 fully saturated rings. The normalized spacial score (nSPS) is 16.9. The minimum Gasteiger partial charge on any atom is -0.392 e. The van der Waals surface area contributed by atoms with Crippen molar-refractivity contribution in [2.24, 2.45) is 0 Å². The van der Waals surface area contributed by atoms with Crippen LogP contribution in [0.1, 0.15) is 19.4 Å². The SMILES string of the molecule is CC(C)(C(=O)Nc1ccccc1CO)N1CCNCC1. The highest BCUT2D eigenvalue weighted by Gasteiger charge is 2.35. The zero-order valence-corrected chi connectivity index (χ0v) is 12.1. The molecule has 20 heavy (non-hydrogen) atoms. The Balaban J connectivity index is 2.10. The maximum Gasteiger partial charge on any atom is 0.244 e. The second-order valence-electron chi connectivity index (χ2n) is 5.57. The van der Waals surface area contributed by atoms with Crippen LogP contribution in [0.2, 0.25) is 0 Å². The standard InChI is InChI=1S/C15H23N3O2/c1-15(2,18-9-7-16-8-10-18)14(20)17-13-6-4-3-5-12(13)11-19/h3-6,16,19H,7-11H2,1-2H3,(H,17,20). The van der Waals surface area contributed by atoms with Gasteiger partial charge in [0, 0.05) is 37.4 Å². The van der Waals surface area contributed by atoms with Gasteiger partial charge in [0.1, 0.15) is 0 Å². The zero-order chi connectivity index (χ0) is 14.6. The van der Waals surface area contributed by atoms with Crippen molar-refractivity contribution < 1.29 is 9.90 Å². The maximum absolute atomic E-state index is 12.5. The lowest BCUT2D eigenvalue weighted by Crippen LogP contribution is -2.58. The van der Waals surface area contributed by atoms with E-state index >= 15 is 0 Å². The molecule has 2 rings (SSSR count). The zero-order valence-electron chi connectivity index (χ0n) is 12.1. The Morgan fingerprint density at radius 1 is 1.35 bits per heavy atom. The van der Waals surface area contributed by atoms with Gasteiger partial charge < -0.3 is 15.7 Å². The van der Waals surface area contributed by atoms with Gasteiger partial charge in [-0.3, -0.25) is 9.69 Å². The number of aliphatic hydroxyl groups excluding tert-OH is 1. The van der Waals surface area contributed by atoms with Gasteiger partial charge in [-0.25, -0.2) is 0 Å². The van der Waals surface area contributed by atoms with E-state index in [2.05, 4.69) is 15.5 Å². The monoisotopic (exact) mass is 277 g/mol. The third kappa shape index (κ3) is 3.17. The number of carbonyl (C=O) groups excluding carboxylic acids is 1. The molecule has 5 nitrogen and oxygen atoms in total. The molecule has 0 atom stereocenters. The Kier molecular flexibility index (Phi) is 4.75. The minimum atomic E-state index is -0.565. The van der Waals surface area contributed by atoms with Crippen LogP contribution in [-0.2, 0) is 11.4 Å². The first-order chi connectivity index (χ1) is 9.55. The maximum atomic E-state index is 12.5. The molecule has 0 radical (unpaired) electrons. The van der Waals surface area contributed by atoms with E-state index in [4.69, 9.17) is 0 Å². The van der Waals surface area contributed by atoms with Crippen LogP contribution in [0, 0.1) is 0 Å². The van der Waals surface area contributed by atoms with Crippen LogP contribution in [0.25, 0.3) is 0 Å². The van der Waals surface area contributed by atoms with Gasteiger partial charge in [0.05, 0.1) is 12.1 Å². The number of aliphatic hydroxyl groups is 1. The summed E-state index contributed by atoms with van der Waals surface area (Å²) in [6.45, 7) is 7.34. The lowest BCUT2D eigenvalue weighted by Gasteiger charge is -2.39. The van der Waals surface area contributed by atoms with Crippen molar-refractivity contribution in [3.05, 3.63) is 29.8 Å². The van der Waals surface area contributed by atoms with Gasteiger partial charge in [-0.2, -0.15) is 0 Å². The van der Waals surface area contributed by atoms with Crippen LogP contribution in [0.15, 0.2) is 24.3 Å². The van der Waals surface area contributed by atoms with Crippen molar-refractivity contribution in [3.8, 4) is 0 Å². The van der Waals surface area contributed by atoms with Crippen LogP contribution in [-0.4, -0.2) is 47.6 Å². The third-order valence-corrected chi connectivity index (χ3v) is 3.90. The van der Waals surface area contributed by atoms with Gasteiger partial charge in [-0.15, -0.1) is 0 Å². The van der Waals surface area contributed by atoms with E-state index in [1.165, 1.54) is 0 Å². The minimum absolute atomic E-state index is 0.0414. The van der Waals surface area contributed by atoms with Crippen LogP contribution in [0.3, 0.4) is 0 Å². The van der Waals surface area contributed by atoms with E-state index in [1.807, 2.05) is 38.1 Å².